The van der Waals surface area contributed by atoms with E-state index in [0.717, 1.165) is 29.4 Å². The molecule has 0 aromatic heterocycles. The normalized spacial score (nSPS) is 37.3. The Kier molecular flexibility index (Phi) is 7.61. The van der Waals surface area contributed by atoms with Crippen LogP contribution in [-0.4, -0.2) is 55.5 Å². The fraction of sp³-hybridized carbons (Fsp3) is 0.633. The van der Waals surface area contributed by atoms with Crippen LogP contribution in [0.3, 0.4) is 0 Å². The first-order valence-electron chi connectivity index (χ1n) is 13.8. The standard InChI is InChI=1S/C30H38BrNO7/c1-18(33)37-17-29(4)24-9-13-30(16-32-21-7-5-20(31)6-8-21)25(15-23(39-30)22-11-14-36-27(22)35)28(24,3)12-10-26(29)38-19(2)34/h5-8,11,23-26,32H,9-10,12-17H2,1-4H3/t23-,24-,25-,26+,28+,29-,30+/m0/s1. The molecule has 0 amide bonds. The maximum atomic E-state index is 12.6. The van der Waals surface area contributed by atoms with E-state index in [9.17, 15) is 14.4 Å². The zero-order valence-corrected chi connectivity index (χ0v) is 24.7. The van der Waals surface area contributed by atoms with Crippen molar-refractivity contribution in [3.8, 4) is 0 Å². The van der Waals surface area contributed by atoms with Crippen LogP contribution in [0.15, 0.2) is 40.4 Å². The minimum absolute atomic E-state index is 0.125. The molecule has 1 aromatic rings. The smallest absolute Gasteiger partial charge is 0.336 e. The number of hydrogen-bond acceptors (Lipinski definition) is 8. The monoisotopic (exact) mass is 603 g/mol. The largest absolute Gasteiger partial charge is 0.465 e. The Balaban J connectivity index is 1.49. The average molecular weight is 605 g/mol. The first-order valence-corrected chi connectivity index (χ1v) is 14.6. The predicted octanol–water partition coefficient (Wildman–Crippen LogP) is 5.20. The molecule has 2 heterocycles. The molecule has 1 saturated heterocycles. The highest BCUT2D eigenvalue weighted by molar-refractivity contribution is 9.10. The molecule has 212 valence electrons. The molecule has 0 radical (unpaired) electrons. The van der Waals surface area contributed by atoms with Crippen LogP contribution in [0.2, 0.25) is 0 Å². The molecule has 39 heavy (non-hydrogen) atoms. The van der Waals surface area contributed by atoms with Crippen LogP contribution in [0.1, 0.15) is 59.8 Å². The van der Waals surface area contributed by atoms with Crippen molar-refractivity contribution >= 4 is 39.5 Å². The number of esters is 3. The number of ether oxygens (including phenoxy) is 4. The van der Waals surface area contributed by atoms with Crippen LogP contribution in [0.4, 0.5) is 5.69 Å². The second-order valence-corrected chi connectivity index (χ2v) is 13.0. The van der Waals surface area contributed by atoms with Crippen LogP contribution in [-0.2, 0) is 33.3 Å². The molecule has 7 atom stereocenters. The molecule has 8 nitrogen and oxygen atoms in total. The molecule has 1 aromatic carbocycles. The van der Waals surface area contributed by atoms with Crippen LogP contribution in [0, 0.1) is 22.7 Å². The van der Waals surface area contributed by atoms with Crippen molar-refractivity contribution in [2.75, 3.05) is 25.1 Å². The Labute approximate surface area is 238 Å². The van der Waals surface area contributed by atoms with Crippen LogP contribution >= 0.6 is 15.9 Å². The molecule has 0 bridgehead atoms. The van der Waals surface area contributed by atoms with Gasteiger partial charge in [0.1, 0.15) is 19.3 Å². The van der Waals surface area contributed by atoms with Gasteiger partial charge in [0, 0.05) is 36.0 Å². The van der Waals surface area contributed by atoms with E-state index in [1.54, 1.807) is 0 Å². The summed E-state index contributed by atoms with van der Waals surface area (Å²) in [6.45, 7) is 8.35. The minimum Gasteiger partial charge on any atom is -0.465 e. The topological polar surface area (TPSA) is 100 Å². The second kappa shape index (κ2) is 10.5. The highest BCUT2D eigenvalue weighted by Gasteiger charge is 2.67. The number of fused-ring (bicyclic) bond motifs is 3. The molecule has 0 spiro atoms. The van der Waals surface area contributed by atoms with E-state index >= 15 is 0 Å². The molecule has 4 aliphatic rings. The van der Waals surface area contributed by atoms with E-state index in [2.05, 4.69) is 35.1 Å². The maximum absolute atomic E-state index is 12.6. The summed E-state index contributed by atoms with van der Waals surface area (Å²) in [7, 11) is 0. The number of carbonyl (C=O) groups excluding carboxylic acids is 3. The molecular formula is C30H38BrNO7. The van der Waals surface area contributed by atoms with Crippen LogP contribution in [0.5, 0.6) is 0 Å². The van der Waals surface area contributed by atoms with Gasteiger partial charge in [0.15, 0.2) is 0 Å². The van der Waals surface area contributed by atoms with Gasteiger partial charge in [-0.2, -0.15) is 0 Å². The van der Waals surface area contributed by atoms with Gasteiger partial charge in [-0.05, 0) is 79.7 Å². The van der Waals surface area contributed by atoms with Crippen molar-refractivity contribution in [2.24, 2.45) is 22.7 Å². The SMILES string of the molecule is CC(=O)OC[C@@]1(C)[C@H]2CC[C@]3(CNc4ccc(Br)cc4)O[C@H](C4=CCOC4=O)C[C@H]3[C@]2(C)CC[C@H]1OC(C)=O. The van der Waals surface area contributed by atoms with Gasteiger partial charge in [-0.25, -0.2) is 4.79 Å². The zero-order valence-electron chi connectivity index (χ0n) is 23.1. The number of anilines is 1. The van der Waals surface area contributed by atoms with E-state index in [1.165, 1.54) is 13.8 Å². The van der Waals surface area contributed by atoms with Crippen LogP contribution in [0.25, 0.3) is 0 Å². The van der Waals surface area contributed by atoms with Gasteiger partial charge in [0.05, 0.1) is 17.3 Å². The molecular weight excluding hydrogens is 566 g/mol. The molecule has 1 N–H and O–H groups in total. The lowest BCUT2D eigenvalue weighted by Gasteiger charge is -2.62. The van der Waals surface area contributed by atoms with Crippen molar-refractivity contribution in [3.63, 3.8) is 0 Å². The van der Waals surface area contributed by atoms with Crippen molar-refractivity contribution in [3.05, 3.63) is 40.4 Å². The summed E-state index contributed by atoms with van der Waals surface area (Å²) in [5.41, 5.74) is 0.387. The number of nitrogens with one attached hydrogen (secondary N) is 1. The number of rotatable bonds is 7. The first kappa shape index (κ1) is 28.1. The van der Waals surface area contributed by atoms with Gasteiger partial charge in [0.25, 0.3) is 0 Å². The number of cyclic esters (lactones) is 1. The van der Waals surface area contributed by atoms with Gasteiger partial charge in [-0.1, -0.05) is 29.8 Å². The Morgan fingerprint density at radius 1 is 1.08 bits per heavy atom. The Morgan fingerprint density at radius 3 is 2.46 bits per heavy atom. The van der Waals surface area contributed by atoms with Gasteiger partial charge in [-0.15, -0.1) is 0 Å². The quantitative estimate of drug-likeness (QED) is 0.335. The Hall–Kier alpha value is -2.39. The molecule has 2 saturated carbocycles. The number of carbonyl (C=O) groups is 3. The zero-order chi connectivity index (χ0) is 28.0. The van der Waals surface area contributed by atoms with Gasteiger partial charge < -0.3 is 24.3 Å². The third-order valence-electron chi connectivity index (χ3n) is 9.82. The molecule has 2 aliphatic heterocycles. The van der Waals surface area contributed by atoms with Gasteiger partial charge >= 0.3 is 17.9 Å². The Morgan fingerprint density at radius 2 is 1.82 bits per heavy atom. The maximum Gasteiger partial charge on any atom is 0.336 e. The van der Waals surface area contributed by atoms with Crippen molar-refractivity contribution in [1.82, 2.24) is 0 Å². The van der Waals surface area contributed by atoms with E-state index in [0.29, 0.717) is 25.0 Å². The summed E-state index contributed by atoms with van der Waals surface area (Å²) in [6.07, 6.45) is 4.98. The average Bonchev–Trinajstić information content (AvgIpc) is 3.49. The number of halogens is 1. The molecule has 9 heteroatoms. The number of benzene rings is 1. The lowest BCUT2D eigenvalue weighted by atomic mass is 9.44. The Bertz CT molecular complexity index is 1170. The summed E-state index contributed by atoms with van der Waals surface area (Å²) in [6, 6.07) is 8.08. The third-order valence-corrected chi connectivity index (χ3v) is 10.3. The van der Waals surface area contributed by atoms with Gasteiger partial charge in [-0.3, -0.25) is 9.59 Å². The highest BCUT2D eigenvalue weighted by Crippen LogP contribution is 2.66. The molecule has 2 aliphatic carbocycles. The van der Waals surface area contributed by atoms with Gasteiger partial charge in [0.2, 0.25) is 0 Å². The number of hydrogen-bond donors (Lipinski definition) is 1. The van der Waals surface area contributed by atoms with E-state index in [4.69, 9.17) is 18.9 Å². The summed E-state index contributed by atoms with van der Waals surface area (Å²) in [4.78, 5) is 36.5. The second-order valence-electron chi connectivity index (χ2n) is 12.1. The summed E-state index contributed by atoms with van der Waals surface area (Å²) >= 11 is 3.50. The predicted molar refractivity (Wildman–Crippen MR) is 148 cm³/mol. The lowest BCUT2D eigenvalue weighted by Crippen LogP contribution is -2.63. The molecule has 0 unspecified atom stereocenters. The van der Waals surface area contributed by atoms with E-state index in [-0.39, 0.29) is 60.6 Å². The minimum atomic E-state index is -0.542. The van der Waals surface area contributed by atoms with Crippen LogP contribution < -0.4 is 5.32 Å². The first-order chi connectivity index (χ1) is 18.5. The summed E-state index contributed by atoms with van der Waals surface area (Å²) in [5.74, 6) is -0.710. The summed E-state index contributed by atoms with van der Waals surface area (Å²) < 4.78 is 24.6. The van der Waals surface area contributed by atoms with E-state index in [1.807, 2.05) is 30.3 Å². The highest BCUT2D eigenvalue weighted by atomic mass is 79.9. The van der Waals surface area contributed by atoms with E-state index < -0.39 is 11.0 Å². The molecule has 5 rings (SSSR count). The third kappa shape index (κ3) is 5.12. The van der Waals surface area contributed by atoms with Crippen molar-refractivity contribution < 1.29 is 33.3 Å². The summed E-state index contributed by atoms with van der Waals surface area (Å²) in [5, 5.41) is 3.61. The fourth-order valence-corrected chi connectivity index (χ4v) is 8.34. The van der Waals surface area contributed by atoms with Crippen molar-refractivity contribution in [1.29, 1.82) is 0 Å². The fourth-order valence-electron chi connectivity index (χ4n) is 8.08. The lowest BCUT2D eigenvalue weighted by molar-refractivity contribution is -0.214. The molecule has 3 fully saturated rings. The van der Waals surface area contributed by atoms with Crippen molar-refractivity contribution in [2.45, 2.75) is 77.6 Å².